The van der Waals surface area contributed by atoms with Crippen LogP contribution in [0.25, 0.3) is 0 Å². The lowest BCUT2D eigenvalue weighted by Crippen LogP contribution is -2.51. The van der Waals surface area contributed by atoms with E-state index in [0.29, 0.717) is 13.0 Å². The number of urea groups is 1. The van der Waals surface area contributed by atoms with E-state index in [1.165, 1.54) is 11.3 Å². The molecule has 36 heavy (non-hydrogen) atoms. The number of para-hydroxylation sites is 1. The molecule has 7 nitrogen and oxygen atoms in total. The Bertz CT molecular complexity index is 1230. The summed E-state index contributed by atoms with van der Waals surface area (Å²) in [6.07, 6.45) is 2.54. The Labute approximate surface area is 214 Å². The normalized spacial score (nSPS) is 16.6. The summed E-state index contributed by atoms with van der Waals surface area (Å²) < 4.78 is 0. The Morgan fingerprint density at radius 2 is 1.61 bits per heavy atom. The molecule has 1 aromatic heterocycles. The number of carbonyl (C=O) groups excluding carboxylic acids is 1. The van der Waals surface area contributed by atoms with E-state index < -0.39 is 0 Å². The first-order chi connectivity index (χ1) is 17.3. The molecule has 2 aromatic carbocycles. The number of anilines is 3. The summed E-state index contributed by atoms with van der Waals surface area (Å²) in [7, 11) is 2.17. The number of piperazine rings is 1. The van der Waals surface area contributed by atoms with Crippen molar-refractivity contribution in [2.45, 2.75) is 46.7 Å². The summed E-state index contributed by atoms with van der Waals surface area (Å²) in [5, 5.41) is 0. The van der Waals surface area contributed by atoms with Gasteiger partial charge in [-0.1, -0.05) is 30.3 Å². The molecule has 0 bridgehead atoms. The number of likely N-dealkylation sites (N-methyl/N-ethyl adjacent to an activating group) is 1. The SMILES string of the molecule is Cc1cccc(C)c1N1Cc2cnc(Cc3ccc(N4CCN(C)CC4)cc3)nc2N(C(C)C)C1=O. The Kier molecular flexibility index (Phi) is 6.67. The number of fused-ring (bicyclic) bond motifs is 1. The fourth-order valence-electron chi connectivity index (χ4n) is 5.24. The predicted octanol–water partition coefficient (Wildman–Crippen LogP) is 4.79. The molecule has 0 aliphatic carbocycles. The second-order valence-electron chi connectivity index (χ2n) is 10.3. The van der Waals surface area contributed by atoms with E-state index in [4.69, 9.17) is 9.97 Å². The summed E-state index contributed by atoms with van der Waals surface area (Å²) in [5.41, 5.74) is 6.56. The van der Waals surface area contributed by atoms with Crippen molar-refractivity contribution in [3.05, 3.63) is 76.7 Å². The Morgan fingerprint density at radius 3 is 2.25 bits per heavy atom. The van der Waals surface area contributed by atoms with Gasteiger partial charge in [0.15, 0.2) is 0 Å². The minimum atomic E-state index is -0.0314. The molecule has 188 valence electrons. The number of benzene rings is 2. The first kappa shape index (κ1) is 24.3. The van der Waals surface area contributed by atoms with E-state index in [0.717, 1.165) is 60.2 Å². The maximum atomic E-state index is 13.7. The Hall–Kier alpha value is -3.45. The van der Waals surface area contributed by atoms with Crippen molar-refractivity contribution >= 4 is 23.2 Å². The quantitative estimate of drug-likeness (QED) is 0.521. The molecule has 0 N–H and O–H groups in total. The fraction of sp³-hybridized carbons (Fsp3) is 0.414. The zero-order valence-corrected chi connectivity index (χ0v) is 22.0. The minimum Gasteiger partial charge on any atom is -0.369 e. The summed E-state index contributed by atoms with van der Waals surface area (Å²) in [5.74, 6) is 1.47. The molecule has 0 radical (unpaired) electrons. The van der Waals surface area contributed by atoms with Gasteiger partial charge >= 0.3 is 6.03 Å². The average molecular weight is 485 g/mol. The molecule has 3 aromatic rings. The summed E-state index contributed by atoms with van der Waals surface area (Å²) in [6.45, 7) is 13.0. The third-order valence-electron chi connectivity index (χ3n) is 7.28. The van der Waals surface area contributed by atoms with Crippen LogP contribution >= 0.6 is 0 Å². The zero-order chi connectivity index (χ0) is 25.4. The smallest absolute Gasteiger partial charge is 0.330 e. The maximum Gasteiger partial charge on any atom is 0.330 e. The molecule has 2 amide bonds. The lowest BCUT2D eigenvalue weighted by molar-refractivity contribution is 0.248. The van der Waals surface area contributed by atoms with Crippen molar-refractivity contribution in [3.8, 4) is 0 Å². The van der Waals surface area contributed by atoms with Crippen molar-refractivity contribution in [1.29, 1.82) is 0 Å². The molecule has 2 aliphatic rings. The van der Waals surface area contributed by atoms with Gasteiger partial charge in [-0.3, -0.25) is 9.80 Å². The molecule has 0 saturated carbocycles. The van der Waals surface area contributed by atoms with Gasteiger partial charge in [-0.25, -0.2) is 14.8 Å². The molecule has 1 saturated heterocycles. The van der Waals surface area contributed by atoms with Crippen LogP contribution in [0.5, 0.6) is 0 Å². The van der Waals surface area contributed by atoms with Crippen LogP contribution in [0.1, 0.15) is 41.9 Å². The Balaban J connectivity index is 1.39. The number of rotatable bonds is 5. The molecular weight excluding hydrogens is 448 g/mol. The van der Waals surface area contributed by atoms with Crippen LogP contribution in [-0.2, 0) is 13.0 Å². The van der Waals surface area contributed by atoms with Gasteiger partial charge in [0.05, 0.1) is 12.2 Å². The lowest BCUT2D eigenvalue weighted by Gasteiger charge is -2.39. The van der Waals surface area contributed by atoms with E-state index in [-0.39, 0.29) is 12.1 Å². The summed E-state index contributed by atoms with van der Waals surface area (Å²) in [4.78, 5) is 31.8. The number of amides is 2. The van der Waals surface area contributed by atoms with Crippen LogP contribution in [0.4, 0.5) is 22.0 Å². The van der Waals surface area contributed by atoms with Gasteiger partial charge in [-0.05, 0) is 63.6 Å². The highest BCUT2D eigenvalue weighted by Crippen LogP contribution is 2.35. The van der Waals surface area contributed by atoms with Crippen molar-refractivity contribution in [2.24, 2.45) is 0 Å². The molecular formula is C29H36N6O. The van der Waals surface area contributed by atoms with Crippen LogP contribution in [0, 0.1) is 13.8 Å². The van der Waals surface area contributed by atoms with E-state index in [1.807, 2.05) is 35.9 Å². The van der Waals surface area contributed by atoms with Gasteiger partial charge in [0.2, 0.25) is 0 Å². The molecule has 2 aliphatic heterocycles. The van der Waals surface area contributed by atoms with E-state index in [9.17, 15) is 4.79 Å². The summed E-state index contributed by atoms with van der Waals surface area (Å²) in [6, 6.07) is 14.8. The fourth-order valence-corrected chi connectivity index (χ4v) is 5.24. The molecule has 0 unspecified atom stereocenters. The molecule has 0 spiro atoms. The third kappa shape index (κ3) is 4.67. The van der Waals surface area contributed by atoms with Crippen LogP contribution in [-0.4, -0.2) is 60.2 Å². The third-order valence-corrected chi connectivity index (χ3v) is 7.28. The van der Waals surface area contributed by atoms with Crippen molar-refractivity contribution in [3.63, 3.8) is 0 Å². The second kappa shape index (κ2) is 9.90. The van der Waals surface area contributed by atoms with Crippen LogP contribution in [0.3, 0.4) is 0 Å². The van der Waals surface area contributed by atoms with Gasteiger partial charge in [0.1, 0.15) is 11.6 Å². The monoisotopic (exact) mass is 484 g/mol. The number of aromatic nitrogens is 2. The van der Waals surface area contributed by atoms with Gasteiger partial charge in [0.25, 0.3) is 0 Å². The molecule has 3 heterocycles. The van der Waals surface area contributed by atoms with E-state index in [2.05, 4.69) is 67.1 Å². The molecule has 1 fully saturated rings. The second-order valence-corrected chi connectivity index (χ2v) is 10.3. The Morgan fingerprint density at radius 1 is 0.944 bits per heavy atom. The molecule has 5 rings (SSSR count). The molecule has 0 atom stereocenters. The van der Waals surface area contributed by atoms with E-state index >= 15 is 0 Å². The number of aryl methyl sites for hydroxylation is 2. The van der Waals surface area contributed by atoms with Gasteiger partial charge < -0.3 is 9.80 Å². The number of nitrogens with zero attached hydrogens (tertiary/aromatic N) is 6. The first-order valence-corrected chi connectivity index (χ1v) is 12.9. The highest BCUT2D eigenvalue weighted by atomic mass is 16.2. The van der Waals surface area contributed by atoms with Gasteiger partial charge in [0, 0.05) is 56.1 Å². The average Bonchev–Trinajstić information content (AvgIpc) is 2.85. The van der Waals surface area contributed by atoms with Crippen LogP contribution in [0.15, 0.2) is 48.7 Å². The van der Waals surface area contributed by atoms with Gasteiger partial charge in [-0.15, -0.1) is 0 Å². The van der Waals surface area contributed by atoms with Crippen molar-refractivity contribution in [1.82, 2.24) is 14.9 Å². The topological polar surface area (TPSA) is 55.8 Å². The van der Waals surface area contributed by atoms with Gasteiger partial charge in [-0.2, -0.15) is 0 Å². The standard InChI is InChI=1S/C29H36N6O/c1-20(2)35-28-24(19-34(29(35)36)27-21(3)7-6-8-22(27)4)18-30-26(31-28)17-23-9-11-25(12-10-23)33-15-13-32(5)14-16-33/h6-12,18,20H,13-17,19H2,1-5H3. The predicted molar refractivity (Wildman–Crippen MR) is 146 cm³/mol. The van der Waals surface area contributed by atoms with Crippen molar-refractivity contribution in [2.75, 3.05) is 47.9 Å². The van der Waals surface area contributed by atoms with Crippen LogP contribution in [0.2, 0.25) is 0 Å². The first-order valence-electron chi connectivity index (χ1n) is 12.9. The largest absolute Gasteiger partial charge is 0.369 e. The zero-order valence-electron chi connectivity index (χ0n) is 22.0. The molecule has 7 heteroatoms. The van der Waals surface area contributed by atoms with E-state index in [1.54, 1.807) is 0 Å². The van der Waals surface area contributed by atoms with Crippen LogP contribution < -0.4 is 14.7 Å². The highest BCUT2D eigenvalue weighted by Gasteiger charge is 2.35. The number of hydrogen-bond acceptors (Lipinski definition) is 5. The highest BCUT2D eigenvalue weighted by molar-refractivity contribution is 6.06. The number of carbonyl (C=O) groups is 1. The minimum absolute atomic E-state index is 0.0194. The number of hydrogen-bond donors (Lipinski definition) is 0. The van der Waals surface area contributed by atoms with Crippen molar-refractivity contribution < 1.29 is 4.79 Å². The lowest BCUT2D eigenvalue weighted by atomic mass is 10.1. The maximum absolute atomic E-state index is 13.7. The summed E-state index contributed by atoms with van der Waals surface area (Å²) >= 11 is 0.